The molecular weight excluding hydrogens is 456 g/mol. The predicted molar refractivity (Wildman–Crippen MR) is 136 cm³/mol. The lowest BCUT2D eigenvalue weighted by Crippen LogP contribution is -2.36. The van der Waals surface area contributed by atoms with E-state index in [9.17, 15) is 14.4 Å². The highest BCUT2D eigenvalue weighted by Gasteiger charge is 2.25. The summed E-state index contributed by atoms with van der Waals surface area (Å²) in [6.07, 6.45) is 0. The summed E-state index contributed by atoms with van der Waals surface area (Å²) in [5, 5.41) is 9.88. The number of ether oxygens (including phenoxy) is 1. The SMILES string of the molecule is Cc1ccc(-n2nc(C)cc2NC(=O)COC(=O)C(NC(=O)c2ccccc2)c2ccccc2)cc1. The predicted octanol–water partition coefficient (Wildman–Crippen LogP) is 4.14. The van der Waals surface area contributed by atoms with Crippen LogP contribution in [0.3, 0.4) is 0 Å². The molecule has 1 heterocycles. The first-order valence-corrected chi connectivity index (χ1v) is 11.4. The lowest BCUT2D eigenvalue weighted by Gasteiger charge is -2.18. The normalized spacial score (nSPS) is 11.4. The fourth-order valence-corrected chi connectivity index (χ4v) is 3.60. The molecule has 0 saturated heterocycles. The fraction of sp³-hybridized carbons (Fsp3) is 0.143. The minimum absolute atomic E-state index is 0.406. The number of carbonyl (C=O) groups excluding carboxylic acids is 3. The van der Waals surface area contributed by atoms with E-state index in [0.717, 1.165) is 16.9 Å². The number of aryl methyl sites for hydroxylation is 2. The average Bonchev–Trinajstić information content (AvgIpc) is 3.26. The van der Waals surface area contributed by atoms with Crippen LogP contribution in [0.25, 0.3) is 5.69 Å². The van der Waals surface area contributed by atoms with Crippen molar-refractivity contribution in [2.45, 2.75) is 19.9 Å². The molecule has 2 amide bonds. The Morgan fingerprint density at radius 3 is 2.19 bits per heavy atom. The molecule has 1 atom stereocenters. The molecule has 2 N–H and O–H groups in total. The standard InChI is InChI=1S/C28H26N4O4/c1-19-13-15-23(16-14-19)32-24(17-20(2)31-32)29-25(33)18-36-28(35)26(21-9-5-3-6-10-21)30-27(34)22-11-7-4-8-12-22/h3-17,26H,18H2,1-2H3,(H,29,33)(H,30,34). The van der Waals surface area contributed by atoms with Crippen LogP contribution in [0.15, 0.2) is 91.0 Å². The Morgan fingerprint density at radius 1 is 0.889 bits per heavy atom. The Kier molecular flexibility index (Phi) is 7.55. The van der Waals surface area contributed by atoms with E-state index >= 15 is 0 Å². The van der Waals surface area contributed by atoms with Crippen LogP contribution in [0.2, 0.25) is 0 Å². The van der Waals surface area contributed by atoms with Gasteiger partial charge in [-0.05, 0) is 43.7 Å². The van der Waals surface area contributed by atoms with Crippen molar-refractivity contribution in [1.29, 1.82) is 0 Å². The van der Waals surface area contributed by atoms with Gasteiger partial charge in [-0.3, -0.25) is 9.59 Å². The number of esters is 1. The van der Waals surface area contributed by atoms with Gasteiger partial charge in [0.05, 0.1) is 11.4 Å². The van der Waals surface area contributed by atoms with Crippen LogP contribution in [-0.2, 0) is 14.3 Å². The van der Waals surface area contributed by atoms with Gasteiger partial charge in [0, 0.05) is 11.6 Å². The number of hydrogen-bond acceptors (Lipinski definition) is 5. The molecule has 36 heavy (non-hydrogen) atoms. The number of carbonyl (C=O) groups is 3. The maximum absolute atomic E-state index is 13.0. The minimum Gasteiger partial charge on any atom is -0.454 e. The second kappa shape index (κ2) is 11.1. The number of nitrogens with zero attached hydrogens (tertiary/aromatic N) is 2. The van der Waals surface area contributed by atoms with Crippen LogP contribution in [0.5, 0.6) is 0 Å². The lowest BCUT2D eigenvalue weighted by atomic mass is 10.1. The maximum atomic E-state index is 13.0. The zero-order valence-electron chi connectivity index (χ0n) is 20.0. The van der Waals surface area contributed by atoms with Gasteiger partial charge in [0.2, 0.25) is 0 Å². The Morgan fingerprint density at radius 2 is 1.53 bits per heavy atom. The number of aromatic nitrogens is 2. The molecule has 0 fully saturated rings. The molecule has 0 bridgehead atoms. The van der Waals surface area contributed by atoms with E-state index in [1.807, 2.05) is 38.1 Å². The van der Waals surface area contributed by atoms with Crippen LogP contribution in [0, 0.1) is 13.8 Å². The third kappa shape index (κ3) is 6.04. The zero-order chi connectivity index (χ0) is 25.5. The van der Waals surface area contributed by atoms with Crippen molar-refractivity contribution in [2.24, 2.45) is 0 Å². The minimum atomic E-state index is -1.08. The average molecular weight is 483 g/mol. The topological polar surface area (TPSA) is 102 Å². The van der Waals surface area contributed by atoms with E-state index in [1.54, 1.807) is 71.4 Å². The number of nitrogens with one attached hydrogen (secondary N) is 2. The first-order chi connectivity index (χ1) is 17.4. The molecule has 3 aromatic carbocycles. The molecule has 8 heteroatoms. The van der Waals surface area contributed by atoms with Gasteiger partial charge in [-0.15, -0.1) is 0 Å². The summed E-state index contributed by atoms with van der Waals surface area (Å²) in [7, 11) is 0. The molecule has 1 aromatic heterocycles. The highest BCUT2D eigenvalue weighted by molar-refractivity contribution is 5.97. The fourth-order valence-electron chi connectivity index (χ4n) is 3.60. The number of amides is 2. The number of hydrogen-bond donors (Lipinski definition) is 2. The van der Waals surface area contributed by atoms with Crippen molar-refractivity contribution in [3.8, 4) is 5.69 Å². The smallest absolute Gasteiger partial charge is 0.333 e. The van der Waals surface area contributed by atoms with Crippen LogP contribution in [0.4, 0.5) is 5.82 Å². The Labute approximate surface area is 208 Å². The van der Waals surface area contributed by atoms with Gasteiger partial charge in [0.25, 0.3) is 11.8 Å². The monoisotopic (exact) mass is 482 g/mol. The molecule has 8 nitrogen and oxygen atoms in total. The van der Waals surface area contributed by atoms with Crippen molar-refractivity contribution < 1.29 is 19.1 Å². The second-order valence-electron chi connectivity index (χ2n) is 8.26. The molecule has 0 saturated carbocycles. The van der Waals surface area contributed by atoms with E-state index in [-0.39, 0.29) is 0 Å². The largest absolute Gasteiger partial charge is 0.454 e. The first kappa shape index (κ1) is 24.4. The van der Waals surface area contributed by atoms with Crippen LogP contribution < -0.4 is 10.6 Å². The summed E-state index contributed by atoms with van der Waals surface area (Å²) in [4.78, 5) is 38.3. The summed E-state index contributed by atoms with van der Waals surface area (Å²) in [5.74, 6) is -1.25. The van der Waals surface area contributed by atoms with Gasteiger partial charge in [0.15, 0.2) is 12.6 Å². The molecule has 0 spiro atoms. The zero-order valence-corrected chi connectivity index (χ0v) is 20.0. The summed E-state index contributed by atoms with van der Waals surface area (Å²) >= 11 is 0. The Balaban J connectivity index is 1.44. The van der Waals surface area contributed by atoms with Crippen molar-refractivity contribution in [2.75, 3.05) is 11.9 Å². The van der Waals surface area contributed by atoms with Gasteiger partial charge in [0.1, 0.15) is 5.82 Å². The summed E-state index contributed by atoms with van der Waals surface area (Å²) in [6, 6.07) is 25.6. The van der Waals surface area contributed by atoms with Crippen molar-refractivity contribution in [1.82, 2.24) is 15.1 Å². The number of benzene rings is 3. The molecule has 0 radical (unpaired) electrons. The number of anilines is 1. The molecule has 182 valence electrons. The molecule has 4 rings (SSSR count). The molecule has 4 aromatic rings. The molecule has 0 aliphatic rings. The van der Waals surface area contributed by atoms with E-state index < -0.39 is 30.4 Å². The molecule has 1 unspecified atom stereocenters. The van der Waals surface area contributed by atoms with E-state index in [0.29, 0.717) is 16.9 Å². The highest BCUT2D eigenvalue weighted by Crippen LogP contribution is 2.19. The van der Waals surface area contributed by atoms with Crippen molar-refractivity contribution in [3.63, 3.8) is 0 Å². The first-order valence-electron chi connectivity index (χ1n) is 11.4. The third-order valence-electron chi connectivity index (χ3n) is 5.40. The summed E-state index contributed by atoms with van der Waals surface area (Å²) < 4.78 is 6.91. The Hall–Kier alpha value is -4.72. The van der Waals surface area contributed by atoms with Crippen molar-refractivity contribution >= 4 is 23.6 Å². The Bertz CT molecular complexity index is 1350. The van der Waals surface area contributed by atoms with Crippen LogP contribution in [0.1, 0.15) is 33.2 Å². The van der Waals surface area contributed by atoms with Gasteiger partial charge in [-0.25, -0.2) is 9.48 Å². The van der Waals surface area contributed by atoms with Gasteiger partial charge in [-0.2, -0.15) is 5.10 Å². The maximum Gasteiger partial charge on any atom is 0.333 e. The second-order valence-corrected chi connectivity index (χ2v) is 8.26. The van der Waals surface area contributed by atoms with Gasteiger partial charge >= 0.3 is 5.97 Å². The highest BCUT2D eigenvalue weighted by atomic mass is 16.5. The lowest BCUT2D eigenvalue weighted by molar-refractivity contribution is -0.149. The molecule has 0 aliphatic heterocycles. The third-order valence-corrected chi connectivity index (χ3v) is 5.40. The number of rotatable bonds is 8. The summed E-state index contributed by atoms with van der Waals surface area (Å²) in [6.45, 7) is 3.28. The van der Waals surface area contributed by atoms with Gasteiger partial charge < -0.3 is 15.4 Å². The summed E-state index contributed by atoms with van der Waals surface area (Å²) in [5.41, 5.74) is 3.56. The molecule has 0 aliphatic carbocycles. The van der Waals surface area contributed by atoms with E-state index in [2.05, 4.69) is 15.7 Å². The van der Waals surface area contributed by atoms with Crippen molar-refractivity contribution in [3.05, 3.63) is 113 Å². The van der Waals surface area contributed by atoms with E-state index in [4.69, 9.17) is 4.74 Å². The van der Waals surface area contributed by atoms with Crippen LogP contribution in [-0.4, -0.2) is 34.2 Å². The quantitative estimate of drug-likeness (QED) is 0.368. The van der Waals surface area contributed by atoms with E-state index in [1.165, 1.54) is 0 Å². The van der Waals surface area contributed by atoms with Gasteiger partial charge in [-0.1, -0.05) is 66.2 Å². The molecular formula is C28H26N4O4. The van der Waals surface area contributed by atoms with Crippen LogP contribution >= 0.6 is 0 Å².